The van der Waals surface area contributed by atoms with Crippen molar-refractivity contribution in [1.29, 1.82) is 0 Å². The molecule has 0 radical (unpaired) electrons. The van der Waals surface area contributed by atoms with Crippen molar-refractivity contribution >= 4 is 27.7 Å². The number of hydrogen-bond donors (Lipinski definition) is 1. The Labute approximate surface area is 126 Å². The molecule has 2 amide bonds. The maximum Gasteiger partial charge on any atom is 0.239 e. The largest absolute Gasteiger partial charge is 0.494 e. The highest BCUT2D eigenvalue weighted by atomic mass is 79.9. The number of benzene rings is 1. The van der Waals surface area contributed by atoms with Crippen LogP contribution < -0.4 is 10.1 Å². The highest BCUT2D eigenvalue weighted by molar-refractivity contribution is 9.10. The Bertz CT molecular complexity index is 493. The summed E-state index contributed by atoms with van der Waals surface area (Å²) < 4.78 is 6.53. The first-order valence-corrected chi connectivity index (χ1v) is 7.37. The van der Waals surface area contributed by atoms with Gasteiger partial charge in [0, 0.05) is 24.0 Å². The van der Waals surface area contributed by atoms with E-state index in [0.29, 0.717) is 32.5 Å². The molecule has 0 atom stereocenters. The van der Waals surface area contributed by atoms with Gasteiger partial charge in [-0.25, -0.2) is 0 Å². The van der Waals surface area contributed by atoms with Gasteiger partial charge in [-0.05, 0) is 24.6 Å². The lowest BCUT2D eigenvalue weighted by Crippen LogP contribution is -2.49. The average molecular weight is 341 g/mol. The topological polar surface area (TPSA) is 58.6 Å². The third-order valence-corrected chi connectivity index (χ3v) is 3.48. The average Bonchev–Trinajstić information content (AvgIpc) is 2.43. The van der Waals surface area contributed by atoms with Gasteiger partial charge in [0.05, 0.1) is 13.2 Å². The van der Waals surface area contributed by atoms with Gasteiger partial charge in [-0.3, -0.25) is 9.59 Å². The first-order chi connectivity index (χ1) is 9.65. The van der Waals surface area contributed by atoms with Crippen LogP contribution in [0.2, 0.25) is 0 Å². The van der Waals surface area contributed by atoms with E-state index in [1.54, 1.807) is 4.90 Å². The summed E-state index contributed by atoms with van der Waals surface area (Å²) in [5.41, 5.74) is 0. The zero-order valence-corrected chi connectivity index (χ0v) is 12.7. The molecule has 0 unspecified atom stereocenters. The number of hydrogen-bond acceptors (Lipinski definition) is 3. The van der Waals surface area contributed by atoms with Crippen molar-refractivity contribution in [1.82, 2.24) is 10.2 Å². The number of halogens is 1. The molecule has 5 nitrogen and oxygen atoms in total. The minimum atomic E-state index is -0.0880. The molecule has 2 rings (SSSR count). The van der Waals surface area contributed by atoms with Crippen LogP contribution in [0, 0.1) is 0 Å². The van der Waals surface area contributed by atoms with Crippen LogP contribution in [0.15, 0.2) is 28.7 Å². The molecular weight excluding hydrogens is 324 g/mol. The standard InChI is InChI=1S/C14H17BrN2O3/c15-11-3-1-4-12(9-11)20-8-2-5-14(19)17-7-6-16-13(18)10-17/h1,3-4,9H,2,5-8,10H2,(H,16,18). The summed E-state index contributed by atoms with van der Waals surface area (Å²) in [5.74, 6) is 0.705. The highest BCUT2D eigenvalue weighted by Gasteiger charge is 2.20. The zero-order valence-electron chi connectivity index (χ0n) is 11.1. The molecule has 20 heavy (non-hydrogen) atoms. The van der Waals surface area contributed by atoms with Crippen LogP contribution in [-0.4, -0.2) is 43.0 Å². The summed E-state index contributed by atoms with van der Waals surface area (Å²) in [6.45, 7) is 1.80. The Morgan fingerprint density at radius 3 is 3.05 bits per heavy atom. The quantitative estimate of drug-likeness (QED) is 0.827. The number of ether oxygens (including phenoxy) is 1. The van der Waals surface area contributed by atoms with Gasteiger partial charge in [-0.15, -0.1) is 0 Å². The van der Waals surface area contributed by atoms with Gasteiger partial charge in [0.2, 0.25) is 11.8 Å². The van der Waals surface area contributed by atoms with Crippen LogP contribution in [-0.2, 0) is 9.59 Å². The number of carbonyl (C=O) groups excluding carboxylic acids is 2. The van der Waals surface area contributed by atoms with E-state index in [9.17, 15) is 9.59 Å². The van der Waals surface area contributed by atoms with E-state index < -0.39 is 0 Å². The monoisotopic (exact) mass is 340 g/mol. The van der Waals surface area contributed by atoms with Crippen LogP contribution in [0.25, 0.3) is 0 Å². The first-order valence-electron chi connectivity index (χ1n) is 6.58. The summed E-state index contributed by atoms with van der Waals surface area (Å²) >= 11 is 3.37. The van der Waals surface area contributed by atoms with Gasteiger partial charge >= 0.3 is 0 Å². The molecule has 1 aliphatic rings. The fourth-order valence-electron chi connectivity index (χ4n) is 1.98. The molecule has 0 spiro atoms. The van der Waals surface area contributed by atoms with Crippen LogP contribution >= 0.6 is 15.9 Å². The maximum absolute atomic E-state index is 11.9. The molecule has 0 bridgehead atoms. The SMILES string of the molecule is O=C1CN(C(=O)CCCOc2cccc(Br)c2)CCN1. The van der Waals surface area contributed by atoms with Crippen LogP contribution in [0.4, 0.5) is 0 Å². The molecule has 6 heteroatoms. The van der Waals surface area contributed by atoms with E-state index in [1.165, 1.54) is 0 Å². The van der Waals surface area contributed by atoms with Gasteiger partial charge in [-0.1, -0.05) is 22.0 Å². The second kappa shape index (κ2) is 7.28. The number of nitrogens with one attached hydrogen (secondary N) is 1. The fourth-order valence-corrected chi connectivity index (χ4v) is 2.36. The Hall–Kier alpha value is -1.56. The third kappa shape index (κ3) is 4.52. The van der Waals surface area contributed by atoms with Crippen molar-refractivity contribution in [2.45, 2.75) is 12.8 Å². The van der Waals surface area contributed by atoms with Gasteiger partial charge in [0.1, 0.15) is 5.75 Å². The normalized spacial score (nSPS) is 14.8. The molecule has 1 aromatic carbocycles. The number of nitrogens with zero attached hydrogens (tertiary/aromatic N) is 1. The molecule has 1 heterocycles. The number of amides is 2. The predicted octanol–water partition coefficient (Wildman–Crippen LogP) is 1.57. The molecule has 1 fully saturated rings. The molecule has 0 saturated carbocycles. The minimum absolute atomic E-state index is 0.0118. The minimum Gasteiger partial charge on any atom is -0.494 e. The number of rotatable bonds is 5. The van der Waals surface area contributed by atoms with Crippen LogP contribution in [0.5, 0.6) is 5.75 Å². The van der Waals surface area contributed by atoms with Crippen molar-refractivity contribution in [2.75, 3.05) is 26.2 Å². The van der Waals surface area contributed by atoms with Crippen molar-refractivity contribution in [3.05, 3.63) is 28.7 Å². The predicted molar refractivity (Wildman–Crippen MR) is 78.5 cm³/mol. The smallest absolute Gasteiger partial charge is 0.239 e. The Morgan fingerprint density at radius 1 is 1.45 bits per heavy atom. The second-order valence-corrected chi connectivity index (χ2v) is 5.49. The molecular formula is C14H17BrN2O3. The van der Waals surface area contributed by atoms with E-state index >= 15 is 0 Å². The maximum atomic E-state index is 11.9. The summed E-state index contributed by atoms with van der Waals surface area (Å²) in [5, 5.41) is 2.70. The molecule has 108 valence electrons. The second-order valence-electron chi connectivity index (χ2n) is 4.57. The Morgan fingerprint density at radius 2 is 2.30 bits per heavy atom. The van der Waals surface area contributed by atoms with E-state index in [-0.39, 0.29) is 18.4 Å². The zero-order chi connectivity index (χ0) is 14.4. The highest BCUT2D eigenvalue weighted by Crippen LogP contribution is 2.17. The lowest BCUT2D eigenvalue weighted by molar-refractivity contribution is -0.138. The van der Waals surface area contributed by atoms with E-state index in [2.05, 4.69) is 21.2 Å². The first kappa shape index (κ1) is 14.8. The number of piperazine rings is 1. The molecule has 1 aliphatic heterocycles. The molecule has 0 aromatic heterocycles. The molecule has 1 saturated heterocycles. The molecule has 1 aromatic rings. The molecule has 1 N–H and O–H groups in total. The molecule has 0 aliphatic carbocycles. The van der Waals surface area contributed by atoms with Crippen molar-refractivity contribution in [2.24, 2.45) is 0 Å². The van der Waals surface area contributed by atoms with Gasteiger partial charge in [-0.2, -0.15) is 0 Å². The van der Waals surface area contributed by atoms with Gasteiger partial charge < -0.3 is 15.0 Å². The van der Waals surface area contributed by atoms with Crippen LogP contribution in [0.1, 0.15) is 12.8 Å². The van der Waals surface area contributed by atoms with Crippen molar-refractivity contribution in [3.63, 3.8) is 0 Å². The van der Waals surface area contributed by atoms with Crippen molar-refractivity contribution < 1.29 is 14.3 Å². The lowest BCUT2D eigenvalue weighted by atomic mass is 10.2. The van der Waals surface area contributed by atoms with Gasteiger partial charge in [0.25, 0.3) is 0 Å². The van der Waals surface area contributed by atoms with Crippen LogP contribution in [0.3, 0.4) is 0 Å². The number of carbonyl (C=O) groups is 2. The third-order valence-electron chi connectivity index (χ3n) is 2.99. The van der Waals surface area contributed by atoms with Crippen molar-refractivity contribution in [3.8, 4) is 5.75 Å². The van der Waals surface area contributed by atoms with E-state index in [1.807, 2.05) is 24.3 Å². The summed E-state index contributed by atoms with van der Waals surface area (Å²) in [6.07, 6.45) is 1.05. The lowest BCUT2D eigenvalue weighted by Gasteiger charge is -2.26. The van der Waals surface area contributed by atoms with E-state index in [0.717, 1.165) is 10.2 Å². The van der Waals surface area contributed by atoms with E-state index in [4.69, 9.17) is 4.74 Å². The summed E-state index contributed by atoms with van der Waals surface area (Å²) in [7, 11) is 0. The Balaban J connectivity index is 1.68. The van der Waals surface area contributed by atoms with Gasteiger partial charge in [0.15, 0.2) is 0 Å². The summed E-state index contributed by atoms with van der Waals surface area (Å²) in [4.78, 5) is 24.7. The summed E-state index contributed by atoms with van der Waals surface area (Å²) in [6, 6.07) is 7.59. The fraction of sp³-hybridized carbons (Fsp3) is 0.429. The Kier molecular flexibility index (Phi) is 5.40.